The number of carbonyl (C=O) groups is 2. The topological polar surface area (TPSA) is 86.3 Å². The van der Waals surface area contributed by atoms with Gasteiger partial charge in [-0.25, -0.2) is 4.79 Å². The third kappa shape index (κ3) is 5.53. The molecular weight excluding hydrogens is 412 g/mol. The van der Waals surface area contributed by atoms with Crippen LogP contribution < -0.4 is 10.1 Å². The van der Waals surface area contributed by atoms with Crippen molar-refractivity contribution in [2.45, 2.75) is 76.3 Å². The molecule has 3 unspecified atom stereocenters. The first kappa shape index (κ1) is 22.9. The SMILES string of the molecule is CC(C)(C)OC(=O)NC1CCCN2C(=O)COc3ccccc3C3CC[C@@H](CO3)OCC12. The molecule has 32 heavy (non-hydrogen) atoms. The minimum absolute atomic E-state index is 0.0406. The number of nitrogens with zero attached hydrogens (tertiary/aromatic N) is 1. The fourth-order valence-electron chi connectivity index (χ4n) is 4.64. The van der Waals surface area contributed by atoms with Gasteiger partial charge < -0.3 is 29.2 Å². The lowest BCUT2D eigenvalue weighted by molar-refractivity contribution is -0.142. The van der Waals surface area contributed by atoms with Crippen LogP contribution in [0.3, 0.4) is 0 Å². The molecule has 2 fully saturated rings. The van der Waals surface area contributed by atoms with Gasteiger partial charge in [-0.05, 0) is 52.5 Å². The molecular formula is C24H34N2O6. The highest BCUT2D eigenvalue weighted by molar-refractivity contribution is 5.78. The summed E-state index contributed by atoms with van der Waals surface area (Å²) in [5, 5.41) is 2.97. The minimum atomic E-state index is -0.591. The zero-order valence-corrected chi connectivity index (χ0v) is 19.2. The fraction of sp³-hybridized carbons (Fsp3) is 0.667. The Hall–Kier alpha value is -2.32. The maximum atomic E-state index is 13.2. The summed E-state index contributed by atoms with van der Waals surface area (Å²) < 4.78 is 23.7. The van der Waals surface area contributed by atoms with E-state index in [1.54, 1.807) is 4.90 Å². The normalized spacial score (nSPS) is 28.8. The average molecular weight is 447 g/mol. The van der Waals surface area contributed by atoms with Gasteiger partial charge in [-0.15, -0.1) is 0 Å². The van der Waals surface area contributed by atoms with Gasteiger partial charge in [0.2, 0.25) is 0 Å². The highest BCUT2D eigenvalue weighted by Gasteiger charge is 2.38. The van der Waals surface area contributed by atoms with E-state index in [9.17, 15) is 9.59 Å². The van der Waals surface area contributed by atoms with E-state index in [-0.39, 0.29) is 36.8 Å². The van der Waals surface area contributed by atoms with Gasteiger partial charge in [-0.3, -0.25) is 4.79 Å². The van der Waals surface area contributed by atoms with E-state index in [0.29, 0.717) is 25.5 Å². The average Bonchev–Trinajstić information content (AvgIpc) is 2.76. The van der Waals surface area contributed by atoms with Crippen LogP contribution in [0.25, 0.3) is 0 Å². The van der Waals surface area contributed by atoms with Crippen molar-refractivity contribution in [2.24, 2.45) is 0 Å². The van der Waals surface area contributed by atoms with Crippen molar-refractivity contribution in [2.75, 3.05) is 26.4 Å². The van der Waals surface area contributed by atoms with Crippen LogP contribution in [-0.4, -0.2) is 67.1 Å². The van der Waals surface area contributed by atoms with Crippen LogP contribution >= 0.6 is 0 Å². The van der Waals surface area contributed by atoms with E-state index >= 15 is 0 Å². The molecule has 4 heterocycles. The number of nitrogens with one attached hydrogen (secondary N) is 1. The lowest BCUT2D eigenvalue weighted by atomic mass is 9.96. The summed E-state index contributed by atoms with van der Waals surface area (Å²) in [4.78, 5) is 27.4. The molecule has 0 aliphatic carbocycles. The summed E-state index contributed by atoms with van der Waals surface area (Å²) in [5.41, 5.74) is 0.379. The number of fused-ring (bicyclic) bond motifs is 5. The first-order chi connectivity index (χ1) is 15.3. The first-order valence-electron chi connectivity index (χ1n) is 11.5. The molecule has 176 valence electrons. The number of piperidine rings is 1. The Bertz CT molecular complexity index is 815. The number of carbonyl (C=O) groups excluding carboxylic acids is 2. The molecule has 0 spiro atoms. The lowest BCUT2D eigenvalue weighted by Crippen LogP contribution is -2.60. The molecule has 0 saturated carbocycles. The highest BCUT2D eigenvalue weighted by atomic mass is 16.6. The highest BCUT2D eigenvalue weighted by Crippen LogP contribution is 2.35. The number of ether oxygens (including phenoxy) is 4. The number of benzene rings is 1. The molecule has 5 rings (SSSR count). The van der Waals surface area contributed by atoms with E-state index in [2.05, 4.69) is 5.32 Å². The van der Waals surface area contributed by atoms with Gasteiger partial charge in [0.15, 0.2) is 6.61 Å². The van der Waals surface area contributed by atoms with Crippen LogP contribution in [0.5, 0.6) is 5.75 Å². The second kappa shape index (κ2) is 9.67. The summed E-state index contributed by atoms with van der Waals surface area (Å²) in [7, 11) is 0. The summed E-state index contributed by atoms with van der Waals surface area (Å²) in [6.45, 7) is 6.85. The maximum absolute atomic E-state index is 13.2. The van der Waals surface area contributed by atoms with Crippen LogP contribution in [0.2, 0.25) is 0 Å². The van der Waals surface area contributed by atoms with Crippen molar-refractivity contribution in [3.63, 3.8) is 0 Å². The number of amides is 2. The Labute approximate surface area is 189 Å². The summed E-state index contributed by atoms with van der Waals surface area (Å²) in [5.74, 6) is 0.568. The summed E-state index contributed by atoms with van der Waals surface area (Å²) in [6.07, 6.45) is 2.65. The zero-order chi connectivity index (χ0) is 22.7. The molecule has 4 aliphatic rings. The van der Waals surface area contributed by atoms with Crippen molar-refractivity contribution < 1.29 is 28.5 Å². The fourth-order valence-corrected chi connectivity index (χ4v) is 4.64. The van der Waals surface area contributed by atoms with Crippen LogP contribution in [0.4, 0.5) is 4.79 Å². The molecule has 2 bridgehead atoms. The molecule has 8 nitrogen and oxygen atoms in total. The zero-order valence-electron chi connectivity index (χ0n) is 19.2. The van der Waals surface area contributed by atoms with Gasteiger partial charge in [0.1, 0.15) is 11.4 Å². The van der Waals surface area contributed by atoms with E-state index < -0.39 is 11.7 Å². The first-order valence-corrected chi connectivity index (χ1v) is 11.5. The number of hydrogen-bond donors (Lipinski definition) is 1. The van der Waals surface area contributed by atoms with E-state index in [0.717, 1.165) is 31.2 Å². The summed E-state index contributed by atoms with van der Waals surface area (Å²) >= 11 is 0. The third-order valence-corrected chi connectivity index (χ3v) is 6.16. The number of alkyl carbamates (subject to hydrolysis) is 1. The van der Waals surface area contributed by atoms with Gasteiger partial charge in [0, 0.05) is 12.1 Å². The monoisotopic (exact) mass is 446 g/mol. The maximum Gasteiger partial charge on any atom is 0.407 e. The Kier molecular flexibility index (Phi) is 6.90. The standard InChI is InChI=1S/C24H34N2O6/c1-24(2,3)32-23(28)25-18-8-6-12-26-19(18)14-29-16-10-11-21(30-13-16)17-7-4-5-9-20(17)31-15-22(26)27/h4-5,7,9,16,18-19,21H,6,8,10-15H2,1-3H3,(H,25,28)/t16-,18?,19?,21?/m0/s1. The molecule has 4 aliphatic heterocycles. The Morgan fingerprint density at radius 1 is 1.12 bits per heavy atom. The van der Waals surface area contributed by atoms with Gasteiger partial charge in [0.05, 0.1) is 37.5 Å². The molecule has 4 atom stereocenters. The predicted octanol–water partition coefficient (Wildman–Crippen LogP) is 3.20. The number of para-hydroxylation sites is 1. The summed E-state index contributed by atoms with van der Waals surface area (Å²) in [6, 6.07) is 7.20. The molecule has 1 N–H and O–H groups in total. The second-order valence-corrected chi connectivity index (χ2v) is 9.73. The molecule has 2 saturated heterocycles. The molecule has 8 heteroatoms. The van der Waals surface area contributed by atoms with Crippen LogP contribution in [0.1, 0.15) is 58.1 Å². The quantitative estimate of drug-likeness (QED) is 0.713. The van der Waals surface area contributed by atoms with Crippen molar-refractivity contribution in [3.05, 3.63) is 29.8 Å². The Morgan fingerprint density at radius 2 is 1.94 bits per heavy atom. The minimum Gasteiger partial charge on any atom is -0.483 e. The predicted molar refractivity (Wildman–Crippen MR) is 117 cm³/mol. The third-order valence-electron chi connectivity index (χ3n) is 6.16. The van der Waals surface area contributed by atoms with Crippen molar-refractivity contribution in [3.8, 4) is 5.75 Å². The lowest BCUT2D eigenvalue weighted by Gasteiger charge is -2.42. The molecule has 1 aromatic rings. The van der Waals surface area contributed by atoms with E-state index in [1.165, 1.54) is 0 Å². The number of hydrogen-bond acceptors (Lipinski definition) is 6. The second-order valence-electron chi connectivity index (χ2n) is 9.73. The molecule has 0 radical (unpaired) electrons. The molecule has 2 amide bonds. The van der Waals surface area contributed by atoms with Gasteiger partial charge >= 0.3 is 6.09 Å². The number of rotatable bonds is 1. The van der Waals surface area contributed by atoms with E-state index in [1.807, 2.05) is 45.0 Å². The van der Waals surface area contributed by atoms with Crippen LogP contribution in [0, 0.1) is 0 Å². The van der Waals surface area contributed by atoms with Crippen LogP contribution in [0.15, 0.2) is 24.3 Å². The van der Waals surface area contributed by atoms with Crippen LogP contribution in [-0.2, 0) is 19.0 Å². The molecule has 1 aromatic carbocycles. The van der Waals surface area contributed by atoms with Gasteiger partial charge in [-0.1, -0.05) is 18.2 Å². The van der Waals surface area contributed by atoms with E-state index in [4.69, 9.17) is 18.9 Å². The largest absolute Gasteiger partial charge is 0.483 e. The van der Waals surface area contributed by atoms with Gasteiger partial charge in [0.25, 0.3) is 5.91 Å². The Morgan fingerprint density at radius 3 is 2.69 bits per heavy atom. The van der Waals surface area contributed by atoms with Crippen molar-refractivity contribution in [1.29, 1.82) is 0 Å². The van der Waals surface area contributed by atoms with Gasteiger partial charge in [-0.2, -0.15) is 0 Å². The molecule has 0 aromatic heterocycles. The van der Waals surface area contributed by atoms with Crippen molar-refractivity contribution in [1.82, 2.24) is 10.2 Å². The van der Waals surface area contributed by atoms with Crippen molar-refractivity contribution >= 4 is 12.0 Å². The smallest absolute Gasteiger partial charge is 0.407 e. The Balaban J connectivity index is 1.54.